The van der Waals surface area contributed by atoms with Crippen LogP contribution in [0.3, 0.4) is 0 Å². The van der Waals surface area contributed by atoms with Crippen LogP contribution in [0.25, 0.3) is 5.69 Å². The van der Waals surface area contributed by atoms with Crippen molar-refractivity contribution in [1.82, 2.24) is 9.78 Å². The van der Waals surface area contributed by atoms with Gasteiger partial charge < -0.3 is 9.47 Å². The Morgan fingerprint density at radius 2 is 1.54 bits per heavy atom. The number of benzene rings is 2. The summed E-state index contributed by atoms with van der Waals surface area (Å²) in [5.41, 5.74) is 3.59. The van der Waals surface area contributed by atoms with E-state index in [1.807, 2.05) is 25.1 Å². The minimum absolute atomic E-state index is 0.125. The molecule has 1 heterocycles. The summed E-state index contributed by atoms with van der Waals surface area (Å²) in [6.45, 7) is 2.08. The fraction of sp³-hybridized carbons (Fsp3) is 0.150. The summed E-state index contributed by atoms with van der Waals surface area (Å²) in [5.74, 6) is -0.813. The Balaban J connectivity index is 1.61. The number of hydrogen-bond acceptors (Lipinski definition) is 5. The second-order valence-corrected chi connectivity index (χ2v) is 5.70. The van der Waals surface area contributed by atoms with Crippen LogP contribution in [0.15, 0.2) is 60.8 Å². The summed E-state index contributed by atoms with van der Waals surface area (Å²) in [6.07, 6.45) is 1.73. The van der Waals surface area contributed by atoms with Crippen LogP contribution in [-0.4, -0.2) is 28.8 Å². The first-order valence-electron chi connectivity index (χ1n) is 8.04. The van der Waals surface area contributed by atoms with E-state index < -0.39 is 11.9 Å². The van der Waals surface area contributed by atoms with Crippen LogP contribution in [0.5, 0.6) is 0 Å². The van der Waals surface area contributed by atoms with Gasteiger partial charge in [-0.05, 0) is 55.0 Å². The molecule has 1 aromatic heterocycles. The zero-order valence-electron chi connectivity index (χ0n) is 14.5. The number of esters is 2. The number of hydrogen-bond donors (Lipinski definition) is 0. The van der Waals surface area contributed by atoms with Crippen molar-refractivity contribution < 1.29 is 19.1 Å². The largest absolute Gasteiger partial charge is 0.465 e. The number of carbonyl (C=O) groups excluding carboxylic acids is 2. The molecule has 0 aliphatic carbocycles. The van der Waals surface area contributed by atoms with Crippen LogP contribution < -0.4 is 0 Å². The first-order valence-corrected chi connectivity index (χ1v) is 8.04. The number of aryl methyl sites for hydroxylation is 1. The van der Waals surface area contributed by atoms with E-state index in [2.05, 4.69) is 9.84 Å². The maximum Gasteiger partial charge on any atom is 0.338 e. The van der Waals surface area contributed by atoms with Gasteiger partial charge in [0.05, 0.1) is 23.9 Å². The van der Waals surface area contributed by atoms with Crippen LogP contribution >= 0.6 is 0 Å². The molecule has 0 saturated heterocycles. The van der Waals surface area contributed by atoms with Crippen molar-refractivity contribution in [1.29, 1.82) is 0 Å². The molecule has 0 spiro atoms. The fourth-order valence-corrected chi connectivity index (χ4v) is 2.47. The third kappa shape index (κ3) is 3.80. The lowest BCUT2D eigenvalue weighted by atomic mass is 10.1. The van der Waals surface area contributed by atoms with Gasteiger partial charge in [-0.3, -0.25) is 0 Å². The molecule has 3 rings (SSSR count). The van der Waals surface area contributed by atoms with Gasteiger partial charge in [0.25, 0.3) is 0 Å². The second-order valence-electron chi connectivity index (χ2n) is 5.70. The highest BCUT2D eigenvalue weighted by Gasteiger charge is 2.09. The van der Waals surface area contributed by atoms with Crippen molar-refractivity contribution in [3.05, 3.63) is 83.2 Å². The molecule has 0 aliphatic rings. The van der Waals surface area contributed by atoms with Gasteiger partial charge in [0, 0.05) is 11.9 Å². The molecule has 0 radical (unpaired) electrons. The normalized spacial score (nSPS) is 10.4. The number of rotatable bonds is 5. The second kappa shape index (κ2) is 7.65. The quantitative estimate of drug-likeness (QED) is 0.660. The van der Waals surface area contributed by atoms with Crippen molar-refractivity contribution in [3.8, 4) is 5.69 Å². The van der Waals surface area contributed by atoms with Crippen molar-refractivity contribution in [2.24, 2.45) is 0 Å². The van der Waals surface area contributed by atoms with Crippen LogP contribution in [0.1, 0.15) is 32.0 Å². The molecule has 132 valence electrons. The molecule has 0 N–H and O–H groups in total. The third-order valence-corrected chi connectivity index (χ3v) is 3.92. The molecule has 0 aliphatic heterocycles. The predicted molar refractivity (Wildman–Crippen MR) is 95.2 cm³/mol. The van der Waals surface area contributed by atoms with Gasteiger partial charge in [-0.1, -0.05) is 12.1 Å². The summed E-state index contributed by atoms with van der Waals surface area (Å²) in [4.78, 5) is 23.6. The number of ether oxygens (including phenoxy) is 2. The maximum atomic E-state index is 12.2. The first kappa shape index (κ1) is 17.4. The van der Waals surface area contributed by atoms with Gasteiger partial charge in [-0.15, -0.1) is 0 Å². The summed E-state index contributed by atoms with van der Waals surface area (Å²) >= 11 is 0. The van der Waals surface area contributed by atoms with E-state index in [0.29, 0.717) is 11.1 Å². The maximum absolute atomic E-state index is 12.2. The van der Waals surface area contributed by atoms with E-state index in [1.54, 1.807) is 47.3 Å². The average molecular weight is 350 g/mol. The highest BCUT2D eigenvalue weighted by Crippen LogP contribution is 2.13. The summed E-state index contributed by atoms with van der Waals surface area (Å²) < 4.78 is 11.8. The van der Waals surface area contributed by atoms with E-state index in [0.717, 1.165) is 16.9 Å². The van der Waals surface area contributed by atoms with Crippen molar-refractivity contribution >= 4 is 11.9 Å². The molecule has 3 aromatic rings. The van der Waals surface area contributed by atoms with E-state index in [9.17, 15) is 9.59 Å². The molecule has 26 heavy (non-hydrogen) atoms. The third-order valence-electron chi connectivity index (χ3n) is 3.92. The smallest absolute Gasteiger partial charge is 0.338 e. The molecular formula is C20H18N2O4. The molecule has 0 atom stereocenters. The highest BCUT2D eigenvalue weighted by molar-refractivity contribution is 5.90. The first-order chi connectivity index (χ1) is 12.6. The molecule has 6 heteroatoms. The Hall–Kier alpha value is -3.41. The van der Waals surface area contributed by atoms with Gasteiger partial charge in [-0.2, -0.15) is 5.10 Å². The van der Waals surface area contributed by atoms with E-state index in [4.69, 9.17) is 4.74 Å². The fourth-order valence-electron chi connectivity index (χ4n) is 2.47. The Morgan fingerprint density at radius 3 is 2.12 bits per heavy atom. The van der Waals surface area contributed by atoms with E-state index >= 15 is 0 Å². The van der Waals surface area contributed by atoms with Crippen LogP contribution in [-0.2, 0) is 16.1 Å². The Labute approximate surface area is 151 Å². The van der Waals surface area contributed by atoms with Gasteiger partial charge in [0.2, 0.25) is 0 Å². The summed E-state index contributed by atoms with van der Waals surface area (Å²) in [5, 5.41) is 4.23. The van der Waals surface area contributed by atoms with Crippen molar-refractivity contribution in [2.45, 2.75) is 13.5 Å². The molecule has 2 aromatic carbocycles. The topological polar surface area (TPSA) is 70.4 Å². The molecule has 6 nitrogen and oxygen atoms in total. The van der Waals surface area contributed by atoms with Gasteiger partial charge in [0.1, 0.15) is 6.61 Å². The number of aromatic nitrogens is 2. The van der Waals surface area contributed by atoms with E-state index in [-0.39, 0.29) is 6.61 Å². The Kier molecular flexibility index (Phi) is 5.12. The standard InChI is InChI=1S/C20H18N2O4/c1-14-11-12-21-22(14)18-9-7-17(8-10-18)20(24)26-13-15-3-5-16(6-4-15)19(23)25-2/h3-12H,13H2,1-2H3. The zero-order chi connectivity index (χ0) is 18.5. The lowest BCUT2D eigenvalue weighted by Gasteiger charge is -2.08. The van der Waals surface area contributed by atoms with Crippen molar-refractivity contribution in [3.63, 3.8) is 0 Å². The van der Waals surface area contributed by atoms with Crippen LogP contribution in [0, 0.1) is 6.92 Å². The zero-order valence-corrected chi connectivity index (χ0v) is 14.5. The van der Waals surface area contributed by atoms with Gasteiger partial charge in [-0.25, -0.2) is 14.3 Å². The summed E-state index contributed by atoms with van der Waals surface area (Å²) in [6, 6.07) is 15.7. The molecule has 0 amide bonds. The molecule has 0 unspecified atom stereocenters. The average Bonchev–Trinajstić information content (AvgIpc) is 3.12. The van der Waals surface area contributed by atoms with Gasteiger partial charge in [0.15, 0.2) is 0 Å². The molecule has 0 fully saturated rings. The molecule has 0 bridgehead atoms. The SMILES string of the molecule is COC(=O)c1ccc(COC(=O)c2ccc(-n3nccc3C)cc2)cc1. The number of carbonyl (C=O) groups is 2. The summed E-state index contributed by atoms with van der Waals surface area (Å²) in [7, 11) is 1.33. The van der Waals surface area contributed by atoms with Gasteiger partial charge >= 0.3 is 11.9 Å². The van der Waals surface area contributed by atoms with Crippen LogP contribution in [0.2, 0.25) is 0 Å². The lowest BCUT2D eigenvalue weighted by molar-refractivity contribution is 0.0471. The van der Waals surface area contributed by atoms with Crippen LogP contribution in [0.4, 0.5) is 0 Å². The minimum atomic E-state index is -0.411. The number of methoxy groups -OCH3 is 1. The molecule has 0 saturated carbocycles. The highest BCUT2D eigenvalue weighted by atomic mass is 16.5. The van der Waals surface area contributed by atoms with Crippen molar-refractivity contribution in [2.75, 3.05) is 7.11 Å². The minimum Gasteiger partial charge on any atom is -0.465 e. The predicted octanol–water partition coefficient (Wildman–Crippen LogP) is 3.32. The Bertz CT molecular complexity index is 912. The number of nitrogens with zero attached hydrogens (tertiary/aromatic N) is 2. The lowest BCUT2D eigenvalue weighted by Crippen LogP contribution is -2.06. The molecular weight excluding hydrogens is 332 g/mol. The monoisotopic (exact) mass is 350 g/mol. The Morgan fingerprint density at radius 1 is 0.923 bits per heavy atom. The van der Waals surface area contributed by atoms with E-state index in [1.165, 1.54) is 7.11 Å².